The van der Waals surface area contributed by atoms with E-state index in [1.54, 1.807) is 22.7 Å². The molecule has 2 aromatic rings. The van der Waals surface area contributed by atoms with Gasteiger partial charge < -0.3 is 5.32 Å². The van der Waals surface area contributed by atoms with Gasteiger partial charge in [-0.3, -0.25) is 4.79 Å². The molecule has 1 N–H and O–H groups in total. The molecule has 0 fully saturated rings. The van der Waals surface area contributed by atoms with Crippen molar-refractivity contribution < 1.29 is 4.79 Å². The maximum Gasteiger partial charge on any atom is 0.239 e. The molecule has 13 heavy (non-hydrogen) atoms. The highest BCUT2D eigenvalue weighted by Gasteiger charge is 2.05. The summed E-state index contributed by atoms with van der Waals surface area (Å²) in [5.74, 6) is -0.151. The third kappa shape index (κ3) is 1.85. The standard InChI is InChI=1S/C8H6ClNOS2/c9-4-7(11)10-8-3-6-5(13-8)1-2-12-6/h1-3H,4H2,(H,10,11). The quantitative estimate of drug-likeness (QED) is 0.791. The maximum atomic E-state index is 10.9. The van der Waals surface area contributed by atoms with Crippen LogP contribution < -0.4 is 5.32 Å². The molecule has 2 aromatic heterocycles. The van der Waals surface area contributed by atoms with E-state index in [1.165, 1.54) is 9.40 Å². The summed E-state index contributed by atoms with van der Waals surface area (Å²) in [4.78, 5) is 10.9. The summed E-state index contributed by atoms with van der Waals surface area (Å²) in [6.07, 6.45) is 0. The van der Waals surface area contributed by atoms with Crippen LogP contribution in [0.1, 0.15) is 0 Å². The van der Waals surface area contributed by atoms with E-state index in [-0.39, 0.29) is 11.8 Å². The molecule has 0 aliphatic rings. The Balaban J connectivity index is 2.25. The van der Waals surface area contributed by atoms with Crippen LogP contribution in [-0.4, -0.2) is 11.8 Å². The van der Waals surface area contributed by atoms with Crippen LogP contribution in [-0.2, 0) is 4.79 Å². The highest BCUT2D eigenvalue weighted by atomic mass is 35.5. The van der Waals surface area contributed by atoms with Crippen LogP contribution in [0.4, 0.5) is 5.00 Å². The van der Waals surface area contributed by atoms with Gasteiger partial charge in [-0.25, -0.2) is 0 Å². The predicted octanol–water partition coefficient (Wildman–Crippen LogP) is 3.14. The summed E-state index contributed by atoms with van der Waals surface area (Å²) in [5.41, 5.74) is 0. The van der Waals surface area contributed by atoms with Crippen LogP contribution in [0.25, 0.3) is 9.40 Å². The van der Waals surface area contributed by atoms with E-state index in [0.717, 1.165) is 5.00 Å². The SMILES string of the molecule is O=C(CCl)Nc1cc2sccc2s1. The number of nitrogens with one attached hydrogen (secondary N) is 1. The molecule has 0 unspecified atom stereocenters. The number of halogens is 1. The van der Waals surface area contributed by atoms with Crippen LogP contribution in [0.5, 0.6) is 0 Å². The predicted molar refractivity (Wildman–Crippen MR) is 59.1 cm³/mol. The monoisotopic (exact) mass is 231 g/mol. The molecule has 2 heterocycles. The molecular weight excluding hydrogens is 226 g/mol. The molecule has 0 aliphatic heterocycles. The van der Waals surface area contributed by atoms with Crippen LogP contribution in [0.3, 0.4) is 0 Å². The zero-order valence-electron chi connectivity index (χ0n) is 6.54. The first-order valence-corrected chi connectivity index (χ1v) is 5.85. The van der Waals surface area contributed by atoms with E-state index in [2.05, 4.69) is 5.32 Å². The Kier molecular flexibility index (Phi) is 2.53. The van der Waals surface area contributed by atoms with Gasteiger partial charge in [-0.15, -0.1) is 34.3 Å². The van der Waals surface area contributed by atoms with E-state index in [1.807, 2.05) is 17.5 Å². The van der Waals surface area contributed by atoms with Gasteiger partial charge in [-0.2, -0.15) is 0 Å². The van der Waals surface area contributed by atoms with Gasteiger partial charge in [0.25, 0.3) is 0 Å². The average Bonchev–Trinajstić information content (AvgIpc) is 2.63. The molecule has 0 spiro atoms. The second-order valence-corrected chi connectivity index (χ2v) is 4.74. The van der Waals surface area contributed by atoms with Crippen molar-refractivity contribution in [3.8, 4) is 0 Å². The number of fused-ring (bicyclic) bond motifs is 1. The van der Waals surface area contributed by atoms with Crippen molar-refractivity contribution in [2.24, 2.45) is 0 Å². The van der Waals surface area contributed by atoms with Gasteiger partial charge in [0.1, 0.15) is 5.88 Å². The smallest absolute Gasteiger partial charge is 0.239 e. The minimum atomic E-state index is -0.157. The molecule has 2 rings (SSSR count). The Morgan fingerprint density at radius 1 is 1.54 bits per heavy atom. The largest absolute Gasteiger partial charge is 0.317 e. The number of hydrogen-bond acceptors (Lipinski definition) is 3. The Morgan fingerprint density at radius 2 is 2.38 bits per heavy atom. The highest BCUT2D eigenvalue weighted by molar-refractivity contribution is 7.29. The lowest BCUT2D eigenvalue weighted by Crippen LogP contribution is -2.11. The average molecular weight is 232 g/mol. The molecule has 0 radical (unpaired) electrons. The minimum Gasteiger partial charge on any atom is -0.317 e. The fourth-order valence-electron chi connectivity index (χ4n) is 0.998. The van der Waals surface area contributed by atoms with Crippen molar-refractivity contribution >= 4 is 54.6 Å². The summed E-state index contributed by atoms with van der Waals surface area (Å²) < 4.78 is 2.41. The van der Waals surface area contributed by atoms with Crippen molar-refractivity contribution in [3.63, 3.8) is 0 Å². The topological polar surface area (TPSA) is 29.1 Å². The number of thiophene rings is 2. The molecule has 5 heteroatoms. The molecule has 1 amide bonds. The van der Waals surface area contributed by atoms with Crippen molar-refractivity contribution in [1.29, 1.82) is 0 Å². The number of rotatable bonds is 2. The van der Waals surface area contributed by atoms with E-state index in [4.69, 9.17) is 11.6 Å². The first kappa shape index (κ1) is 8.99. The number of carbonyl (C=O) groups excluding carboxylic acids is 1. The second kappa shape index (κ2) is 3.65. The van der Waals surface area contributed by atoms with Gasteiger partial charge in [-0.05, 0) is 17.5 Å². The Labute approximate surface area is 88.1 Å². The number of amides is 1. The lowest BCUT2D eigenvalue weighted by atomic mass is 10.5. The summed E-state index contributed by atoms with van der Waals surface area (Å²) in [5, 5.41) is 5.63. The van der Waals surface area contributed by atoms with Crippen molar-refractivity contribution in [2.45, 2.75) is 0 Å². The zero-order chi connectivity index (χ0) is 9.26. The van der Waals surface area contributed by atoms with Crippen LogP contribution in [0.15, 0.2) is 17.5 Å². The first-order valence-electron chi connectivity index (χ1n) is 3.62. The van der Waals surface area contributed by atoms with E-state index < -0.39 is 0 Å². The van der Waals surface area contributed by atoms with Gasteiger partial charge >= 0.3 is 0 Å². The normalized spacial score (nSPS) is 10.5. The zero-order valence-corrected chi connectivity index (χ0v) is 8.93. The Bertz CT molecular complexity index is 405. The molecule has 0 aromatic carbocycles. The molecular formula is C8H6ClNOS2. The van der Waals surface area contributed by atoms with E-state index in [0.29, 0.717) is 0 Å². The third-order valence-electron chi connectivity index (χ3n) is 1.52. The maximum absolute atomic E-state index is 10.9. The Hall–Kier alpha value is -0.580. The van der Waals surface area contributed by atoms with Crippen LogP contribution in [0.2, 0.25) is 0 Å². The number of anilines is 1. The summed E-state index contributed by atoms with van der Waals surface area (Å²) >= 11 is 8.61. The molecule has 0 saturated carbocycles. The summed E-state index contributed by atoms with van der Waals surface area (Å²) in [6.45, 7) is 0. The van der Waals surface area contributed by atoms with Crippen LogP contribution in [0, 0.1) is 0 Å². The van der Waals surface area contributed by atoms with Gasteiger partial charge in [0.15, 0.2) is 0 Å². The van der Waals surface area contributed by atoms with Crippen LogP contribution >= 0.6 is 34.3 Å². The lowest BCUT2D eigenvalue weighted by molar-refractivity contribution is -0.113. The van der Waals surface area contributed by atoms with E-state index in [9.17, 15) is 4.79 Å². The third-order valence-corrected chi connectivity index (χ3v) is 3.77. The van der Waals surface area contributed by atoms with E-state index >= 15 is 0 Å². The number of hydrogen-bond donors (Lipinski definition) is 1. The van der Waals surface area contributed by atoms with Gasteiger partial charge in [0.05, 0.1) is 5.00 Å². The molecule has 0 atom stereocenters. The molecule has 68 valence electrons. The summed E-state index contributed by atoms with van der Waals surface area (Å²) in [7, 11) is 0. The number of carbonyl (C=O) groups is 1. The second-order valence-electron chi connectivity index (χ2n) is 2.44. The van der Waals surface area contributed by atoms with Crippen molar-refractivity contribution in [2.75, 3.05) is 11.2 Å². The summed E-state index contributed by atoms with van der Waals surface area (Å²) in [6, 6.07) is 4.01. The number of alkyl halides is 1. The highest BCUT2D eigenvalue weighted by Crippen LogP contribution is 2.33. The van der Waals surface area contributed by atoms with Crippen molar-refractivity contribution in [3.05, 3.63) is 17.5 Å². The van der Waals surface area contributed by atoms with Gasteiger partial charge in [0, 0.05) is 9.40 Å². The minimum absolute atomic E-state index is 0.00550. The molecule has 2 nitrogen and oxygen atoms in total. The lowest BCUT2D eigenvalue weighted by Gasteiger charge is -1.95. The first-order chi connectivity index (χ1) is 6.29. The fraction of sp³-hybridized carbons (Fsp3) is 0.125. The van der Waals surface area contributed by atoms with Gasteiger partial charge in [-0.1, -0.05) is 0 Å². The molecule has 0 aliphatic carbocycles. The molecule has 0 bridgehead atoms. The molecule has 0 saturated heterocycles. The van der Waals surface area contributed by atoms with Crippen molar-refractivity contribution in [1.82, 2.24) is 0 Å². The van der Waals surface area contributed by atoms with Gasteiger partial charge in [0.2, 0.25) is 5.91 Å². The Morgan fingerprint density at radius 3 is 3.08 bits per heavy atom. The fourth-order valence-corrected chi connectivity index (χ4v) is 3.09.